The quantitative estimate of drug-likeness (QED) is 0.0173. The summed E-state index contributed by atoms with van der Waals surface area (Å²) in [6, 6.07) is -3.03. The van der Waals surface area contributed by atoms with Gasteiger partial charge in [0, 0.05) is 19.4 Å². The molecule has 0 fully saturated rings. The van der Waals surface area contributed by atoms with Crippen molar-refractivity contribution in [3.63, 3.8) is 0 Å². The minimum atomic E-state index is -1.85. The minimum Gasteiger partial charge on any atom is -0.481 e. The Balaban J connectivity index is 3.54. The summed E-state index contributed by atoms with van der Waals surface area (Å²) >= 11 is 0. The molecule has 1 rings (SSSR count). The van der Waals surface area contributed by atoms with Crippen LogP contribution in [0.25, 0.3) is 0 Å². The van der Waals surface area contributed by atoms with Crippen LogP contribution in [-0.4, -0.2) is 143 Å². The van der Waals surface area contributed by atoms with E-state index in [9.17, 15) is 57.8 Å². The van der Waals surface area contributed by atoms with Crippen LogP contribution in [0.4, 0.5) is 0 Å². The first-order valence-electron chi connectivity index (χ1n) is 24.0. The number of hydrogen-bond donors (Lipinski definition) is 15. The molecule has 0 aliphatic carbocycles. The molecule has 21 N–H and O–H groups in total. The summed E-state index contributed by atoms with van der Waals surface area (Å²) in [5.41, 5.74) is 34.1. The van der Waals surface area contributed by atoms with Crippen molar-refractivity contribution in [1.82, 2.24) is 37.2 Å². The Morgan fingerprint density at radius 1 is 0.548 bits per heavy atom. The summed E-state index contributed by atoms with van der Waals surface area (Å²) in [6.07, 6.45) is -1.01. The Kier molecular flexibility index (Phi) is 29.0. The van der Waals surface area contributed by atoms with E-state index in [0.717, 1.165) is 0 Å². The first kappa shape index (κ1) is 63.6. The molecule has 0 unspecified atom stereocenters. The van der Waals surface area contributed by atoms with Crippen molar-refractivity contribution in [1.29, 1.82) is 0 Å². The number of nitrogens with two attached hydrogens (primary N) is 6. The van der Waals surface area contributed by atoms with E-state index in [1.165, 1.54) is 0 Å². The highest BCUT2D eigenvalue weighted by molar-refractivity contribution is 5.99. The molecule has 0 aliphatic heterocycles. The topological polar surface area (TPSA) is 481 Å². The zero-order chi connectivity index (χ0) is 55.4. The van der Waals surface area contributed by atoms with E-state index in [2.05, 4.69) is 42.2 Å². The molecular weight excluding hydrogens is 957 g/mol. The van der Waals surface area contributed by atoms with Gasteiger partial charge in [0.15, 0.2) is 5.96 Å². The van der Waals surface area contributed by atoms with Crippen LogP contribution in [0, 0.1) is 11.8 Å². The number of rotatable bonds is 36. The lowest BCUT2D eigenvalue weighted by molar-refractivity contribution is -0.143. The van der Waals surface area contributed by atoms with E-state index in [4.69, 9.17) is 39.5 Å². The molecular formula is C46H76N14O13. The van der Waals surface area contributed by atoms with Gasteiger partial charge in [-0.25, -0.2) is 4.79 Å². The third-order valence-electron chi connectivity index (χ3n) is 11.7. The highest BCUT2D eigenvalue weighted by Crippen LogP contribution is 2.15. The Morgan fingerprint density at radius 2 is 1.00 bits per heavy atom. The van der Waals surface area contributed by atoms with E-state index >= 15 is 0 Å². The number of nitrogens with one attached hydrogen (secondary N) is 7. The molecule has 0 saturated carbocycles. The maximum atomic E-state index is 14.3. The van der Waals surface area contributed by atoms with E-state index in [1.54, 1.807) is 58.0 Å². The van der Waals surface area contributed by atoms with Crippen molar-refractivity contribution in [2.24, 2.45) is 51.2 Å². The van der Waals surface area contributed by atoms with E-state index in [0.29, 0.717) is 37.8 Å². The Labute approximate surface area is 423 Å². The van der Waals surface area contributed by atoms with Gasteiger partial charge in [-0.15, -0.1) is 0 Å². The summed E-state index contributed by atoms with van der Waals surface area (Å²) in [7, 11) is 0. The van der Waals surface area contributed by atoms with E-state index in [1.807, 2.05) is 0 Å². The summed E-state index contributed by atoms with van der Waals surface area (Å²) in [5, 5.41) is 35.8. The highest BCUT2D eigenvalue weighted by atomic mass is 16.4. The first-order chi connectivity index (χ1) is 34.3. The number of benzene rings is 1. The molecule has 10 atom stereocenters. The zero-order valence-corrected chi connectivity index (χ0v) is 41.9. The van der Waals surface area contributed by atoms with E-state index < -0.39 is 151 Å². The van der Waals surface area contributed by atoms with E-state index in [-0.39, 0.29) is 38.2 Å². The summed E-state index contributed by atoms with van der Waals surface area (Å²) in [5.74, 6) is -13.3. The molecule has 9 amide bonds. The van der Waals surface area contributed by atoms with Crippen LogP contribution in [0.1, 0.15) is 104 Å². The van der Waals surface area contributed by atoms with Crippen LogP contribution in [0.3, 0.4) is 0 Å². The fraction of sp³-hybridized carbons (Fsp3) is 0.609. The molecule has 0 radical (unpaired) electrons. The predicted octanol–water partition coefficient (Wildman–Crippen LogP) is -4.08. The number of aliphatic imine (C=N–C) groups is 1. The second-order valence-electron chi connectivity index (χ2n) is 17.7. The van der Waals surface area contributed by atoms with Gasteiger partial charge in [0.25, 0.3) is 0 Å². The van der Waals surface area contributed by atoms with Gasteiger partial charge >= 0.3 is 11.9 Å². The average Bonchev–Trinajstić information content (AvgIpc) is 3.32. The average molecular weight is 1030 g/mol. The van der Waals surface area contributed by atoms with Crippen LogP contribution < -0.4 is 71.6 Å². The third kappa shape index (κ3) is 24.5. The van der Waals surface area contributed by atoms with Crippen LogP contribution >= 0.6 is 0 Å². The lowest BCUT2D eigenvalue weighted by Gasteiger charge is -2.31. The van der Waals surface area contributed by atoms with Crippen LogP contribution in [0.15, 0.2) is 35.3 Å². The van der Waals surface area contributed by atoms with Crippen molar-refractivity contribution in [3.8, 4) is 0 Å². The molecule has 408 valence electrons. The van der Waals surface area contributed by atoms with Gasteiger partial charge in [-0.1, -0.05) is 77.3 Å². The minimum absolute atomic E-state index is 0.00970. The number of amides is 9. The number of carboxylic acids is 2. The van der Waals surface area contributed by atoms with Crippen molar-refractivity contribution in [2.45, 2.75) is 153 Å². The van der Waals surface area contributed by atoms with Gasteiger partial charge in [-0.3, -0.25) is 52.9 Å². The molecule has 0 heterocycles. The number of unbranched alkanes of at least 4 members (excludes halogenated alkanes) is 1. The highest BCUT2D eigenvalue weighted by Gasteiger charge is 2.37. The lowest BCUT2D eigenvalue weighted by atomic mass is 9.94. The van der Waals surface area contributed by atoms with Crippen LogP contribution in [0.5, 0.6) is 0 Å². The van der Waals surface area contributed by atoms with Gasteiger partial charge in [-0.2, -0.15) is 0 Å². The monoisotopic (exact) mass is 1030 g/mol. The normalized spacial score (nSPS) is 15.0. The predicted molar refractivity (Wildman–Crippen MR) is 265 cm³/mol. The van der Waals surface area contributed by atoms with Crippen LogP contribution in [0.2, 0.25) is 0 Å². The largest absolute Gasteiger partial charge is 0.481 e. The Hall–Kier alpha value is -7.42. The van der Waals surface area contributed by atoms with Gasteiger partial charge in [-0.05, 0) is 56.0 Å². The van der Waals surface area contributed by atoms with Gasteiger partial charge in [0.1, 0.15) is 42.3 Å². The molecule has 1 aromatic carbocycles. The second-order valence-corrected chi connectivity index (χ2v) is 17.7. The standard InChI is InChI=1S/C46H76N14O13/c1-5-24(3)36(60-44(71)37(25(4)6-2)59-42(69)30(21-26-13-8-7-9-14-26)56-38(65)27(48)15-10-11-19-47)43(70)58-32(23-34(50)62)40(67)54-28(16-12-20-53-46(51)52)39(66)57-31(22-33(49)61)41(68)55-29(45(72)73)17-18-35(63)64/h7-9,13-14,24-25,27-32,36-37H,5-6,10-12,15-23,47-48H2,1-4H3,(H2,49,61)(H2,50,62)(H,54,67)(H,55,68)(H,56,65)(H,57,66)(H,58,70)(H,59,69)(H,60,71)(H,63,64)(H,72,73)(H4,51,52,53)/t24-,25-,27-,28-,29-,30-,31-,32-,36-,37-/m0/s1. The maximum absolute atomic E-state index is 14.3. The number of guanidine groups is 1. The smallest absolute Gasteiger partial charge is 0.326 e. The molecule has 1 aromatic rings. The maximum Gasteiger partial charge on any atom is 0.326 e. The molecule has 0 bridgehead atoms. The zero-order valence-electron chi connectivity index (χ0n) is 41.9. The van der Waals surface area contributed by atoms with Crippen molar-refractivity contribution in [2.75, 3.05) is 13.1 Å². The number of carboxylic acid groups (broad SMARTS) is 2. The lowest BCUT2D eigenvalue weighted by Crippen LogP contribution is -2.62. The van der Waals surface area contributed by atoms with Gasteiger partial charge < -0.3 is 81.8 Å². The molecule has 73 heavy (non-hydrogen) atoms. The number of nitrogens with zero attached hydrogens (tertiary/aromatic N) is 1. The third-order valence-corrected chi connectivity index (χ3v) is 11.7. The number of hydrogen-bond acceptors (Lipinski definition) is 14. The molecule has 0 aromatic heterocycles. The molecule has 27 nitrogen and oxygen atoms in total. The Morgan fingerprint density at radius 3 is 1.48 bits per heavy atom. The first-order valence-corrected chi connectivity index (χ1v) is 24.0. The Bertz CT molecular complexity index is 2070. The van der Waals surface area contributed by atoms with Crippen molar-refractivity contribution < 1.29 is 63.0 Å². The second kappa shape index (κ2) is 33.3. The van der Waals surface area contributed by atoms with Crippen LogP contribution in [-0.2, 0) is 59.2 Å². The molecule has 0 aliphatic rings. The summed E-state index contributed by atoms with van der Waals surface area (Å²) < 4.78 is 0. The molecule has 0 saturated heterocycles. The fourth-order valence-electron chi connectivity index (χ4n) is 7.08. The van der Waals surface area contributed by atoms with Gasteiger partial charge in [0.05, 0.1) is 18.9 Å². The summed E-state index contributed by atoms with van der Waals surface area (Å²) in [6.45, 7) is 7.12. The SMILES string of the molecule is CC[C@H](C)[C@H](NC(=O)[C@H](Cc1ccccc1)NC(=O)[C@@H](N)CCCCN)C(=O)N[C@H](C(=O)N[C@@H](CC(N)=O)C(=O)N[C@@H](CCCN=C(N)N)C(=O)N[C@@H](CC(N)=O)C(=O)N[C@@H](CCC(=O)O)C(=O)O)[C@@H](C)CC. The fourth-order valence-corrected chi connectivity index (χ4v) is 7.08. The molecule has 27 heteroatoms. The number of carbonyl (C=O) groups excluding carboxylic acids is 9. The number of carbonyl (C=O) groups is 11. The van der Waals surface area contributed by atoms with Gasteiger partial charge in [0.2, 0.25) is 53.2 Å². The van der Waals surface area contributed by atoms with Crippen molar-refractivity contribution >= 4 is 71.1 Å². The summed E-state index contributed by atoms with van der Waals surface area (Å²) in [4.78, 5) is 148. The molecule has 0 spiro atoms. The van der Waals surface area contributed by atoms with Crippen molar-refractivity contribution in [3.05, 3.63) is 35.9 Å². The number of aliphatic carboxylic acids is 2. The number of primary amides is 2.